The Kier molecular flexibility index (Phi) is 6.34. The molecule has 0 N–H and O–H groups in total. The number of fused-ring (bicyclic) bond motifs is 1. The van der Waals surface area contributed by atoms with E-state index in [4.69, 9.17) is 9.47 Å². The third-order valence-corrected chi connectivity index (χ3v) is 4.14. The van der Waals surface area contributed by atoms with Crippen LogP contribution in [-0.2, 0) is 24.6 Å². The van der Waals surface area contributed by atoms with E-state index in [1.54, 1.807) is 20.3 Å². The van der Waals surface area contributed by atoms with Crippen LogP contribution in [0.2, 0.25) is 0 Å². The van der Waals surface area contributed by atoms with E-state index >= 15 is 0 Å². The molecule has 0 unspecified atom stereocenters. The van der Waals surface area contributed by atoms with Gasteiger partial charge in [0, 0.05) is 11.1 Å². The molecule has 0 heterocycles. The number of hydrogen-bond donors (Lipinski definition) is 0. The molecule has 1 aromatic carbocycles. The van der Waals surface area contributed by atoms with Crippen LogP contribution in [0.15, 0.2) is 44.1 Å². The van der Waals surface area contributed by atoms with Gasteiger partial charge in [0.25, 0.3) is 12.2 Å². The van der Waals surface area contributed by atoms with Gasteiger partial charge < -0.3 is 9.47 Å². The summed E-state index contributed by atoms with van der Waals surface area (Å²) in [5.41, 5.74) is 4.90. The maximum atomic E-state index is 10.3. The highest BCUT2D eigenvalue weighted by molar-refractivity contribution is 7.89. The van der Waals surface area contributed by atoms with Crippen LogP contribution in [0.4, 0.5) is 5.69 Å². The van der Waals surface area contributed by atoms with Gasteiger partial charge in [-0.3, -0.25) is 0 Å². The summed E-state index contributed by atoms with van der Waals surface area (Å²) in [5, 5.41) is 0. The predicted octanol–water partition coefficient (Wildman–Crippen LogP) is 2.22. The third kappa shape index (κ3) is 4.45. The standard InChI is InChI=1S/C15H11NO3.C2N2O4S/c1-18-13-7-9(3-6-12(13)16-8-17)10-4-5-11-14(10)15(11)19-2;5-1-3-9(7,8)4-2-6/h3-7H,1-2H3;. The van der Waals surface area contributed by atoms with Crippen molar-refractivity contribution in [1.82, 2.24) is 0 Å². The molecule has 1 aromatic rings. The fourth-order valence-corrected chi connectivity index (χ4v) is 2.64. The zero-order valence-electron chi connectivity index (χ0n) is 14.5. The first-order chi connectivity index (χ1) is 13.4. The molecule has 0 amide bonds. The van der Waals surface area contributed by atoms with E-state index in [2.05, 4.69) is 13.8 Å². The molecule has 0 fully saturated rings. The lowest BCUT2D eigenvalue weighted by atomic mass is 10.1. The van der Waals surface area contributed by atoms with E-state index in [0.717, 1.165) is 28.0 Å². The SMILES string of the molecule is COc1cc(-c2ccc3c(OC)c2-3)ccc1N=C=O.O=C=NS(=O)(=O)N=C=O. The van der Waals surface area contributed by atoms with Crippen LogP contribution >= 0.6 is 0 Å². The van der Waals surface area contributed by atoms with Gasteiger partial charge in [-0.2, -0.15) is 13.4 Å². The normalized spacial score (nSPS) is 10.1. The molecule has 0 aromatic heterocycles. The number of rotatable bonds is 6. The first kappa shape index (κ1) is 20.4. The molecule has 0 spiro atoms. The Morgan fingerprint density at radius 3 is 2.00 bits per heavy atom. The van der Waals surface area contributed by atoms with Gasteiger partial charge in [-0.05, 0) is 29.3 Å². The van der Waals surface area contributed by atoms with Crippen molar-refractivity contribution in [2.24, 2.45) is 13.8 Å². The number of benzene rings is 2. The fourth-order valence-electron chi connectivity index (χ4n) is 2.41. The molecule has 0 aliphatic heterocycles. The zero-order valence-corrected chi connectivity index (χ0v) is 15.3. The summed E-state index contributed by atoms with van der Waals surface area (Å²) in [6, 6.07) is 9.59. The molecule has 0 radical (unpaired) electrons. The number of aliphatic imine (C=N–C) groups is 1. The molecule has 0 saturated heterocycles. The summed E-state index contributed by atoms with van der Waals surface area (Å²) in [4.78, 5) is 32.4. The smallest absolute Gasteiger partial charge is 0.383 e. The topological polar surface area (TPSA) is 141 Å². The van der Waals surface area contributed by atoms with Crippen LogP contribution in [0.1, 0.15) is 0 Å². The fraction of sp³-hybridized carbons (Fsp3) is 0.118. The Morgan fingerprint density at radius 1 is 0.857 bits per heavy atom. The molecule has 142 valence electrons. The highest BCUT2D eigenvalue weighted by atomic mass is 32.2. The summed E-state index contributed by atoms with van der Waals surface area (Å²) < 4.78 is 34.8. The summed E-state index contributed by atoms with van der Waals surface area (Å²) in [6.45, 7) is 0. The Labute approximate surface area is 159 Å². The van der Waals surface area contributed by atoms with Crippen LogP contribution in [-0.4, -0.2) is 40.9 Å². The van der Waals surface area contributed by atoms with Gasteiger partial charge in [0.1, 0.15) is 17.2 Å². The maximum absolute atomic E-state index is 10.3. The highest BCUT2D eigenvalue weighted by Gasteiger charge is 2.30. The van der Waals surface area contributed by atoms with Crippen molar-refractivity contribution in [1.29, 1.82) is 0 Å². The molecule has 2 aliphatic carbocycles. The van der Waals surface area contributed by atoms with E-state index in [0.29, 0.717) is 23.6 Å². The van der Waals surface area contributed by atoms with E-state index in [1.807, 2.05) is 24.3 Å². The first-order valence-electron chi connectivity index (χ1n) is 7.33. The molecule has 10 nitrogen and oxygen atoms in total. The number of ether oxygens (including phenoxy) is 2. The second kappa shape index (κ2) is 8.68. The van der Waals surface area contributed by atoms with Crippen molar-refractivity contribution in [3.63, 3.8) is 0 Å². The minimum absolute atomic E-state index is 0.477. The van der Waals surface area contributed by atoms with Gasteiger partial charge in [-0.25, -0.2) is 14.4 Å². The van der Waals surface area contributed by atoms with Crippen molar-refractivity contribution < 1.29 is 32.3 Å². The van der Waals surface area contributed by atoms with Crippen molar-refractivity contribution in [2.75, 3.05) is 14.2 Å². The Bertz CT molecular complexity index is 1150. The molecule has 28 heavy (non-hydrogen) atoms. The molecule has 0 bridgehead atoms. The largest absolute Gasteiger partial charge is 0.495 e. The van der Waals surface area contributed by atoms with Crippen molar-refractivity contribution in [2.45, 2.75) is 0 Å². The highest BCUT2D eigenvalue weighted by Crippen LogP contribution is 2.57. The number of methoxy groups -OCH3 is 2. The van der Waals surface area contributed by atoms with Gasteiger partial charge in [-0.1, -0.05) is 20.9 Å². The number of isocyanates is 3. The number of hydrogen-bond acceptors (Lipinski definition) is 8. The van der Waals surface area contributed by atoms with Gasteiger partial charge >= 0.3 is 10.2 Å². The molecule has 11 heteroatoms. The second-order valence-corrected chi connectivity index (χ2v) is 6.23. The zero-order chi connectivity index (χ0) is 20.7. The number of carbonyl (C=O) groups excluding carboxylic acids is 3. The Balaban J connectivity index is 0.000000266. The van der Waals surface area contributed by atoms with E-state index in [1.165, 1.54) is 6.08 Å². The summed E-state index contributed by atoms with van der Waals surface area (Å²) in [7, 11) is -1.06. The molecule has 0 saturated carbocycles. The van der Waals surface area contributed by atoms with Gasteiger partial charge in [0.2, 0.25) is 6.08 Å². The molecule has 0 atom stereocenters. The molecular weight excluding hydrogens is 390 g/mol. The molecular formula is C17H11N3O7S. The monoisotopic (exact) mass is 401 g/mol. The average Bonchev–Trinajstić information content (AvgIpc) is 3.19. The van der Waals surface area contributed by atoms with Crippen LogP contribution < -0.4 is 9.47 Å². The lowest BCUT2D eigenvalue weighted by Gasteiger charge is -2.06. The minimum Gasteiger partial charge on any atom is -0.495 e. The van der Waals surface area contributed by atoms with Crippen LogP contribution in [0, 0.1) is 0 Å². The Morgan fingerprint density at radius 2 is 1.50 bits per heavy atom. The van der Waals surface area contributed by atoms with Crippen molar-refractivity contribution in [3.8, 4) is 33.8 Å². The van der Waals surface area contributed by atoms with Crippen LogP contribution in [0.5, 0.6) is 11.5 Å². The van der Waals surface area contributed by atoms with E-state index in [-0.39, 0.29) is 0 Å². The van der Waals surface area contributed by atoms with Crippen LogP contribution in [0.3, 0.4) is 0 Å². The van der Waals surface area contributed by atoms with Crippen molar-refractivity contribution >= 4 is 34.1 Å². The maximum Gasteiger partial charge on any atom is 0.383 e. The van der Waals surface area contributed by atoms with E-state index < -0.39 is 10.2 Å². The summed E-state index contributed by atoms with van der Waals surface area (Å²) in [6.07, 6.45) is 2.94. The van der Waals surface area contributed by atoms with Gasteiger partial charge in [0.15, 0.2) is 0 Å². The summed E-state index contributed by atoms with van der Waals surface area (Å²) >= 11 is 0. The quantitative estimate of drug-likeness (QED) is 0.455. The third-order valence-electron chi connectivity index (χ3n) is 3.53. The molecule has 2 aliphatic rings. The minimum atomic E-state index is -4.28. The first-order valence-corrected chi connectivity index (χ1v) is 8.73. The Hall–Kier alpha value is -3.87. The lowest BCUT2D eigenvalue weighted by molar-refractivity contribution is 0.416. The average molecular weight is 401 g/mol. The second-order valence-electron chi connectivity index (χ2n) is 4.97. The van der Waals surface area contributed by atoms with Crippen LogP contribution in [0.25, 0.3) is 22.3 Å². The summed E-state index contributed by atoms with van der Waals surface area (Å²) in [5.74, 6) is 1.50. The van der Waals surface area contributed by atoms with Crippen molar-refractivity contribution in [3.05, 3.63) is 30.3 Å². The molecule has 3 rings (SSSR count). The number of nitrogens with zero attached hydrogens (tertiary/aromatic N) is 3. The van der Waals surface area contributed by atoms with E-state index in [9.17, 15) is 22.8 Å². The van der Waals surface area contributed by atoms with Gasteiger partial charge in [-0.15, -0.1) is 0 Å². The van der Waals surface area contributed by atoms with Gasteiger partial charge in [0.05, 0.1) is 14.2 Å². The predicted molar refractivity (Wildman–Crippen MR) is 96.9 cm³/mol. The lowest BCUT2D eigenvalue weighted by Crippen LogP contribution is -1.86.